The highest BCUT2D eigenvalue weighted by Gasteiger charge is 2.57. The van der Waals surface area contributed by atoms with E-state index in [0.29, 0.717) is 0 Å². The second-order valence-electron chi connectivity index (χ2n) is 23.1. The number of hydrogen-bond acceptors (Lipinski definition) is 22. The zero-order valence-corrected chi connectivity index (χ0v) is 48.4. The fourth-order valence-electron chi connectivity index (χ4n) is 9.89. The maximum absolute atomic E-state index is 14.4. The first-order valence-corrected chi connectivity index (χ1v) is 26.8. The Morgan fingerprint density at radius 1 is 0.455 bits per heavy atom. The molecule has 446 valence electrons. The molecule has 4 N–H and O–H groups in total. The first-order valence-electron chi connectivity index (χ1n) is 26.8. The van der Waals surface area contributed by atoms with Gasteiger partial charge in [0.2, 0.25) is 0 Å². The molecule has 0 aromatic rings. The van der Waals surface area contributed by atoms with Gasteiger partial charge in [-0.15, -0.1) is 0 Å². The molecule has 0 spiro atoms. The first kappa shape index (κ1) is 70.5. The van der Waals surface area contributed by atoms with E-state index in [4.69, 9.17) is 47.4 Å². The lowest BCUT2D eigenvalue weighted by Crippen LogP contribution is -2.51. The number of aliphatic hydroxyl groups excluding tert-OH is 4. The van der Waals surface area contributed by atoms with Crippen LogP contribution in [0.3, 0.4) is 0 Å². The van der Waals surface area contributed by atoms with Crippen LogP contribution in [-0.2, 0) is 85.7 Å². The maximum Gasteiger partial charge on any atom is 0.312 e. The normalized spacial score (nSPS) is 31.1. The van der Waals surface area contributed by atoms with Crippen molar-refractivity contribution in [2.75, 3.05) is 106 Å². The zero-order valence-electron chi connectivity index (χ0n) is 48.4. The third-order valence-electron chi connectivity index (χ3n) is 15.4. The summed E-state index contributed by atoms with van der Waals surface area (Å²) in [5, 5.41) is 38.4. The highest BCUT2D eigenvalue weighted by molar-refractivity contribution is 5.85. The molecule has 8 unspecified atom stereocenters. The van der Waals surface area contributed by atoms with Gasteiger partial charge in [-0.05, 0) is 112 Å². The van der Waals surface area contributed by atoms with Crippen molar-refractivity contribution in [1.82, 2.24) is 0 Å². The molecule has 1 fully saturated rings. The van der Waals surface area contributed by atoms with E-state index in [2.05, 4.69) is 0 Å². The molecule has 0 radical (unpaired) electrons. The molecule has 0 saturated carbocycles. The Labute approximate surface area is 455 Å². The Morgan fingerprint density at radius 3 is 1.14 bits per heavy atom. The molecule has 0 aromatic heterocycles. The predicted octanol–water partition coefficient (Wildman–Crippen LogP) is 4.63. The van der Waals surface area contributed by atoms with Crippen molar-refractivity contribution in [3.05, 3.63) is 0 Å². The minimum Gasteiger partial charge on any atom is -0.463 e. The number of carbonyl (C=O) groups is 8. The van der Waals surface area contributed by atoms with Gasteiger partial charge in [0.25, 0.3) is 0 Å². The summed E-state index contributed by atoms with van der Waals surface area (Å²) in [7, 11) is 0. The molecule has 0 bridgehead atoms. The predicted molar refractivity (Wildman–Crippen MR) is 276 cm³/mol. The summed E-state index contributed by atoms with van der Waals surface area (Å²) in [6.07, 6.45) is -1.05. The van der Waals surface area contributed by atoms with E-state index in [1.807, 2.05) is 0 Å². The highest BCUT2D eigenvalue weighted by atomic mass is 16.6. The lowest BCUT2D eigenvalue weighted by Gasteiger charge is -2.47. The average Bonchev–Trinajstić information content (AvgIpc) is 3.37. The summed E-state index contributed by atoms with van der Waals surface area (Å²) in [6, 6.07) is 0. The molecule has 0 amide bonds. The third-order valence-corrected chi connectivity index (χ3v) is 15.4. The van der Waals surface area contributed by atoms with Crippen LogP contribution in [0.15, 0.2) is 0 Å². The van der Waals surface area contributed by atoms with Crippen LogP contribution in [0.25, 0.3) is 0 Å². The van der Waals surface area contributed by atoms with Gasteiger partial charge in [-0.3, -0.25) is 38.4 Å². The van der Waals surface area contributed by atoms with E-state index in [0.717, 1.165) is 0 Å². The van der Waals surface area contributed by atoms with Gasteiger partial charge in [-0.1, -0.05) is 41.5 Å². The number of hydrogen-bond donors (Lipinski definition) is 4. The molecule has 8 atom stereocenters. The lowest BCUT2D eigenvalue weighted by atomic mass is 9.56. The molecule has 1 rings (SSSR count). The van der Waals surface area contributed by atoms with Crippen molar-refractivity contribution in [3.63, 3.8) is 0 Å². The van der Waals surface area contributed by atoms with E-state index in [1.54, 1.807) is 69.2 Å². The quantitative estimate of drug-likeness (QED) is 0.128. The van der Waals surface area contributed by atoms with Crippen LogP contribution in [0.2, 0.25) is 0 Å². The summed E-state index contributed by atoms with van der Waals surface area (Å²) in [5.41, 5.74) is -11.5. The van der Waals surface area contributed by atoms with E-state index in [1.165, 1.54) is 20.8 Å². The summed E-state index contributed by atoms with van der Waals surface area (Å²) in [4.78, 5) is 112. The van der Waals surface area contributed by atoms with Gasteiger partial charge in [0.1, 0.15) is 52.9 Å². The van der Waals surface area contributed by atoms with Crippen molar-refractivity contribution in [1.29, 1.82) is 0 Å². The van der Waals surface area contributed by atoms with Crippen LogP contribution in [-0.4, -0.2) is 174 Å². The van der Waals surface area contributed by atoms with Crippen LogP contribution in [0, 0.1) is 49.2 Å². The average molecular weight is 1110 g/mol. The van der Waals surface area contributed by atoms with Gasteiger partial charge < -0.3 is 67.8 Å². The Bertz CT molecular complexity index is 1920. The highest BCUT2D eigenvalue weighted by Crippen LogP contribution is 2.54. The number of esters is 8. The van der Waals surface area contributed by atoms with Gasteiger partial charge in [0.15, 0.2) is 0 Å². The van der Waals surface area contributed by atoms with Crippen LogP contribution >= 0.6 is 0 Å². The minimum atomic E-state index is -1.69. The summed E-state index contributed by atoms with van der Waals surface area (Å²) >= 11 is 0. The molecule has 0 aromatic carbocycles. The largest absolute Gasteiger partial charge is 0.463 e. The minimum absolute atomic E-state index is 0.138. The standard InChI is InChI=1S/C55H94O22/c1-14-49(7)33-39(40(60)70-21-17-56)34-52(10,44(64)71-22-18-57)35-50(8,15-2)42(62)75-30-26-68-27-31-76-43(63)51(9,16-3)36-53(11,45(65)72-23-19-58)37-54(12,46(66)73-24-20-59)38-55(13,48(4,5)6)47(67)77-32-28-69-25-29-74-41(49)61/h39,56-59H,14-38H2,1-13H3. The Balaban J connectivity index is 3.90. The summed E-state index contributed by atoms with van der Waals surface area (Å²) in [5.74, 6) is -7.36. The Kier molecular flexibility index (Phi) is 29.3. The summed E-state index contributed by atoms with van der Waals surface area (Å²) in [6.45, 7) is 16.3. The summed E-state index contributed by atoms with van der Waals surface area (Å²) < 4.78 is 56.0. The van der Waals surface area contributed by atoms with Gasteiger partial charge >= 0.3 is 47.8 Å². The van der Waals surface area contributed by atoms with Crippen molar-refractivity contribution in [3.8, 4) is 0 Å². The fraction of sp³-hybridized carbons (Fsp3) is 0.855. The SMILES string of the molecule is CCC1(C)CC(C(=O)OCCO)CC(C)(C(=O)OCCO)CC(C)(CC)C(=O)OCCOCCOC(=O)C(C)(CC)CC(C)(C(=O)OCCO)CC(C)(C(=O)OCCO)CC(C)(C(C)(C)C)C(=O)OCCOCCOC1=O. The van der Waals surface area contributed by atoms with E-state index < -0.39 is 137 Å². The fourth-order valence-corrected chi connectivity index (χ4v) is 9.89. The van der Waals surface area contributed by atoms with Gasteiger partial charge in [-0.25, -0.2) is 0 Å². The van der Waals surface area contributed by atoms with Crippen molar-refractivity contribution in [2.45, 2.75) is 148 Å². The lowest BCUT2D eigenvalue weighted by molar-refractivity contribution is -0.178. The number of cyclic esters (lactones) is 4. The Hall–Kier alpha value is -4.48. The second-order valence-corrected chi connectivity index (χ2v) is 23.1. The Morgan fingerprint density at radius 2 is 0.779 bits per heavy atom. The number of aliphatic hydroxyl groups is 4. The molecule has 22 nitrogen and oxygen atoms in total. The van der Waals surface area contributed by atoms with E-state index in [-0.39, 0.29) is 124 Å². The molecule has 1 aliphatic heterocycles. The van der Waals surface area contributed by atoms with Crippen molar-refractivity contribution >= 4 is 47.8 Å². The number of ether oxygens (including phenoxy) is 10. The number of carbonyl (C=O) groups excluding carboxylic acids is 8. The number of rotatable bonds is 15. The van der Waals surface area contributed by atoms with E-state index >= 15 is 0 Å². The van der Waals surface area contributed by atoms with E-state index in [9.17, 15) is 58.8 Å². The van der Waals surface area contributed by atoms with Crippen LogP contribution in [0.1, 0.15) is 148 Å². The van der Waals surface area contributed by atoms with Crippen LogP contribution in [0.4, 0.5) is 0 Å². The second kappa shape index (κ2) is 31.9. The molecular weight excluding hydrogens is 1010 g/mol. The van der Waals surface area contributed by atoms with Crippen LogP contribution < -0.4 is 0 Å². The zero-order chi connectivity index (χ0) is 58.9. The molecular formula is C55H94O22. The first-order chi connectivity index (χ1) is 35.9. The molecule has 22 heteroatoms. The molecule has 1 saturated heterocycles. The van der Waals surface area contributed by atoms with Crippen molar-refractivity contribution < 1.29 is 106 Å². The maximum atomic E-state index is 14.4. The topological polar surface area (TPSA) is 310 Å². The third kappa shape index (κ3) is 20.6. The smallest absolute Gasteiger partial charge is 0.312 e. The molecule has 0 aliphatic carbocycles. The van der Waals surface area contributed by atoms with Gasteiger partial charge in [0, 0.05) is 0 Å². The van der Waals surface area contributed by atoms with Crippen molar-refractivity contribution in [2.24, 2.45) is 49.2 Å². The molecule has 1 aliphatic rings. The molecule has 1 heterocycles. The molecule has 77 heavy (non-hydrogen) atoms. The monoisotopic (exact) mass is 1110 g/mol. The van der Waals surface area contributed by atoms with Crippen LogP contribution in [0.5, 0.6) is 0 Å². The van der Waals surface area contributed by atoms with Gasteiger partial charge in [0.05, 0.1) is 96.7 Å². The van der Waals surface area contributed by atoms with Gasteiger partial charge in [-0.2, -0.15) is 0 Å².